The molecule has 3 rings (SSSR count). The first-order valence-electron chi connectivity index (χ1n) is 10.3. The summed E-state index contributed by atoms with van der Waals surface area (Å²) < 4.78 is 29.6. The number of ether oxygens (including phenoxy) is 3. The molecule has 3 aromatic carbocycles. The third-order valence-electron chi connectivity index (χ3n) is 4.81. The van der Waals surface area contributed by atoms with Gasteiger partial charge in [-0.3, -0.25) is 0 Å². The average Bonchev–Trinajstić information content (AvgIpc) is 2.81. The van der Waals surface area contributed by atoms with Crippen LogP contribution in [0.3, 0.4) is 0 Å². The highest BCUT2D eigenvalue weighted by Gasteiger charge is 2.14. The lowest BCUT2D eigenvalue weighted by atomic mass is 10.1. The average molecular weight is 455 g/mol. The molecule has 32 heavy (non-hydrogen) atoms. The minimum Gasteiger partial charge on any atom is -0.494 e. The fourth-order valence-electron chi connectivity index (χ4n) is 3.21. The van der Waals surface area contributed by atoms with Gasteiger partial charge in [-0.05, 0) is 78.8 Å². The Morgan fingerprint density at radius 1 is 0.875 bits per heavy atom. The molecule has 5 nitrogen and oxygen atoms in total. The van der Waals surface area contributed by atoms with Crippen LogP contribution in [0.25, 0.3) is 0 Å². The van der Waals surface area contributed by atoms with Crippen molar-refractivity contribution in [3.8, 4) is 17.2 Å². The molecular formula is C25H27FN2O3S. The molecule has 0 fully saturated rings. The summed E-state index contributed by atoms with van der Waals surface area (Å²) in [6.07, 6.45) is 0. The van der Waals surface area contributed by atoms with Gasteiger partial charge in [-0.2, -0.15) is 0 Å². The van der Waals surface area contributed by atoms with Gasteiger partial charge in [0, 0.05) is 18.8 Å². The van der Waals surface area contributed by atoms with Crippen LogP contribution in [-0.4, -0.2) is 30.8 Å². The molecular weight excluding hydrogens is 427 g/mol. The molecule has 0 heterocycles. The van der Waals surface area contributed by atoms with Crippen molar-refractivity contribution in [1.82, 2.24) is 4.90 Å². The van der Waals surface area contributed by atoms with Crippen LogP contribution in [0.5, 0.6) is 17.2 Å². The van der Waals surface area contributed by atoms with Crippen molar-refractivity contribution < 1.29 is 18.6 Å². The van der Waals surface area contributed by atoms with Crippen molar-refractivity contribution in [2.75, 3.05) is 26.1 Å². The Hall–Kier alpha value is -3.32. The molecule has 0 aromatic heterocycles. The molecule has 0 saturated carbocycles. The molecule has 0 unspecified atom stereocenters. The van der Waals surface area contributed by atoms with Crippen LogP contribution in [0.2, 0.25) is 0 Å². The summed E-state index contributed by atoms with van der Waals surface area (Å²) in [5, 5.41) is 3.84. The summed E-state index contributed by atoms with van der Waals surface area (Å²) in [5.41, 5.74) is 2.80. The van der Waals surface area contributed by atoms with Gasteiger partial charge in [0.15, 0.2) is 16.6 Å². The molecule has 0 bridgehead atoms. The number of anilines is 1. The quantitative estimate of drug-likeness (QED) is 0.422. The van der Waals surface area contributed by atoms with E-state index in [1.165, 1.54) is 12.1 Å². The molecule has 0 aliphatic rings. The van der Waals surface area contributed by atoms with Gasteiger partial charge < -0.3 is 24.4 Å². The fraction of sp³-hybridized carbons (Fsp3) is 0.240. The van der Waals surface area contributed by atoms with Crippen molar-refractivity contribution in [3.63, 3.8) is 0 Å². The zero-order chi connectivity index (χ0) is 22.9. The van der Waals surface area contributed by atoms with E-state index in [4.69, 9.17) is 26.4 Å². The predicted molar refractivity (Wildman–Crippen MR) is 129 cm³/mol. The zero-order valence-corrected chi connectivity index (χ0v) is 19.2. The lowest BCUT2D eigenvalue weighted by Gasteiger charge is -2.26. The Balaban J connectivity index is 1.80. The van der Waals surface area contributed by atoms with Crippen LogP contribution in [0, 0.1) is 5.82 Å². The van der Waals surface area contributed by atoms with E-state index >= 15 is 0 Å². The summed E-state index contributed by atoms with van der Waals surface area (Å²) in [6, 6.07) is 19.8. The maximum absolute atomic E-state index is 13.4. The van der Waals surface area contributed by atoms with Crippen molar-refractivity contribution >= 4 is 23.0 Å². The standard InChI is InChI=1S/C25H27FN2O3S/c1-4-31-22-12-10-21(11-13-22)27-25(32)28(16-18-5-8-20(26)9-6-18)17-19-7-14-23(29-2)24(15-19)30-3/h5-15H,4,16-17H2,1-3H3,(H,27,32). The second-order valence-corrected chi connectivity index (χ2v) is 7.45. The predicted octanol–water partition coefficient (Wildman–Crippen LogP) is 5.64. The van der Waals surface area contributed by atoms with Crippen molar-refractivity contribution in [1.29, 1.82) is 0 Å². The van der Waals surface area contributed by atoms with E-state index in [1.807, 2.05) is 54.3 Å². The molecule has 0 aliphatic heterocycles. The third kappa shape index (κ3) is 6.34. The van der Waals surface area contributed by atoms with Gasteiger partial charge in [0.2, 0.25) is 0 Å². The number of nitrogens with one attached hydrogen (secondary N) is 1. The van der Waals surface area contributed by atoms with Crippen molar-refractivity contribution in [2.24, 2.45) is 0 Å². The second-order valence-electron chi connectivity index (χ2n) is 7.06. The minimum absolute atomic E-state index is 0.268. The molecule has 0 radical (unpaired) electrons. The first kappa shape index (κ1) is 23.3. The summed E-state index contributed by atoms with van der Waals surface area (Å²) in [4.78, 5) is 2.01. The SMILES string of the molecule is CCOc1ccc(NC(=S)N(Cc2ccc(F)cc2)Cc2ccc(OC)c(OC)c2)cc1. The van der Waals surface area contributed by atoms with Gasteiger partial charge in [-0.25, -0.2) is 4.39 Å². The van der Waals surface area contributed by atoms with Gasteiger partial charge in [0.1, 0.15) is 11.6 Å². The number of benzene rings is 3. The summed E-state index contributed by atoms with van der Waals surface area (Å²) >= 11 is 5.73. The zero-order valence-electron chi connectivity index (χ0n) is 18.4. The maximum atomic E-state index is 13.4. The number of hydrogen-bond donors (Lipinski definition) is 1. The number of nitrogens with zero attached hydrogens (tertiary/aromatic N) is 1. The first-order chi connectivity index (χ1) is 15.5. The number of hydrogen-bond acceptors (Lipinski definition) is 4. The van der Waals surface area contributed by atoms with E-state index in [-0.39, 0.29) is 5.82 Å². The minimum atomic E-state index is -0.268. The van der Waals surface area contributed by atoms with E-state index < -0.39 is 0 Å². The molecule has 0 atom stereocenters. The van der Waals surface area contributed by atoms with Crippen LogP contribution >= 0.6 is 12.2 Å². The molecule has 0 aliphatic carbocycles. The van der Waals surface area contributed by atoms with E-state index in [1.54, 1.807) is 26.4 Å². The molecule has 7 heteroatoms. The Bertz CT molecular complexity index is 1030. The Morgan fingerprint density at radius 3 is 2.12 bits per heavy atom. The second kappa shape index (κ2) is 11.3. The number of halogens is 1. The number of thiocarbonyl (C=S) groups is 1. The van der Waals surface area contributed by atoms with Crippen LogP contribution < -0.4 is 19.5 Å². The molecule has 1 N–H and O–H groups in total. The largest absolute Gasteiger partial charge is 0.494 e. The van der Waals surface area contributed by atoms with Gasteiger partial charge in [0.25, 0.3) is 0 Å². The Morgan fingerprint density at radius 2 is 1.50 bits per heavy atom. The van der Waals surface area contributed by atoms with E-state index in [0.29, 0.717) is 36.3 Å². The highest BCUT2D eigenvalue weighted by molar-refractivity contribution is 7.80. The third-order valence-corrected chi connectivity index (χ3v) is 5.17. The normalized spacial score (nSPS) is 10.4. The van der Waals surface area contributed by atoms with Gasteiger partial charge in [-0.1, -0.05) is 18.2 Å². The molecule has 3 aromatic rings. The van der Waals surface area contributed by atoms with Crippen LogP contribution in [0.4, 0.5) is 10.1 Å². The van der Waals surface area contributed by atoms with Crippen LogP contribution in [0.1, 0.15) is 18.1 Å². The van der Waals surface area contributed by atoms with Crippen LogP contribution in [-0.2, 0) is 13.1 Å². The summed E-state index contributed by atoms with van der Waals surface area (Å²) in [7, 11) is 3.21. The lowest BCUT2D eigenvalue weighted by Crippen LogP contribution is -2.33. The topological polar surface area (TPSA) is 43.0 Å². The molecule has 0 saturated heterocycles. The summed E-state index contributed by atoms with van der Waals surface area (Å²) in [6.45, 7) is 3.60. The number of methoxy groups -OCH3 is 2. The highest BCUT2D eigenvalue weighted by Crippen LogP contribution is 2.28. The Labute approximate surface area is 193 Å². The van der Waals surface area contributed by atoms with Crippen LogP contribution in [0.15, 0.2) is 66.7 Å². The van der Waals surface area contributed by atoms with E-state index in [2.05, 4.69) is 5.32 Å². The van der Waals surface area contributed by atoms with Crippen molar-refractivity contribution in [2.45, 2.75) is 20.0 Å². The van der Waals surface area contributed by atoms with E-state index in [9.17, 15) is 4.39 Å². The van der Waals surface area contributed by atoms with Gasteiger partial charge in [-0.15, -0.1) is 0 Å². The molecule has 0 spiro atoms. The highest BCUT2D eigenvalue weighted by atomic mass is 32.1. The van der Waals surface area contributed by atoms with Gasteiger partial charge >= 0.3 is 0 Å². The lowest BCUT2D eigenvalue weighted by molar-refractivity contribution is 0.340. The maximum Gasteiger partial charge on any atom is 0.174 e. The van der Waals surface area contributed by atoms with Gasteiger partial charge in [0.05, 0.1) is 20.8 Å². The molecule has 0 amide bonds. The summed E-state index contributed by atoms with van der Waals surface area (Å²) in [5.74, 6) is 1.85. The molecule has 168 valence electrons. The fourth-order valence-corrected chi connectivity index (χ4v) is 3.46. The number of rotatable bonds is 9. The smallest absolute Gasteiger partial charge is 0.174 e. The van der Waals surface area contributed by atoms with Crippen molar-refractivity contribution in [3.05, 3.63) is 83.7 Å². The first-order valence-corrected chi connectivity index (χ1v) is 10.7. The monoisotopic (exact) mass is 454 g/mol. The van der Waals surface area contributed by atoms with E-state index in [0.717, 1.165) is 22.6 Å². The Kier molecular flexibility index (Phi) is 8.27.